The minimum atomic E-state index is -4.40. The van der Waals surface area contributed by atoms with E-state index in [2.05, 4.69) is 10.5 Å². The second kappa shape index (κ2) is 4.29. The summed E-state index contributed by atoms with van der Waals surface area (Å²) in [4.78, 5) is 8.88. The van der Waals surface area contributed by atoms with Gasteiger partial charge in [-0.1, -0.05) is 6.07 Å². The SMILES string of the molecule is FC(F)(F)c1cccc(C2CC=C3ONC=C3C2)n1. The molecule has 100 valence electrons. The van der Waals surface area contributed by atoms with Gasteiger partial charge in [-0.05, 0) is 31.1 Å². The number of nitrogens with one attached hydrogen (secondary N) is 1. The first-order valence-electron chi connectivity index (χ1n) is 5.90. The van der Waals surface area contributed by atoms with Crippen LogP contribution in [0.4, 0.5) is 13.2 Å². The smallest absolute Gasteiger partial charge is 0.383 e. The summed E-state index contributed by atoms with van der Waals surface area (Å²) in [7, 11) is 0. The average molecular weight is 268 g/mol. The maximum Gasteiger partial charge on any atom is 0.433 e. The van der Waals surface area contributed by atoms with Gasteiger partial charge in [0.05, 0.1) is 0 Å². The van der Waals surface area contributed by atoms with Crippen molar-refractivity contribution in [2.24, 2.45) is 0 Å². The van der Waals surface area contributed by atoms with Gasteiger partial charge in [0, 0.05) is 23.4 Å². The third kappa shape index (κ3) is 2.30. The third-order valence-electron chi connectivity index (χ3n) is 3.25. The molecular weight excluding hydrogens is 257 g/mol. The predicted molar refractivity (Wildman–Crippen MR) is 61.6 cm³/mol. The Morgan fingerprint density at radius 2 is 2.16 bits per heavy atom. The molecule has 2 heterocycles. The van der Waals surface area contributed by atoms with Gasteiger partial charge in [-0.2, -0.15) is 13.2 Å². The van der Waals surface area contributed by atoms with Crippen molar-refractivity contribution in [2.45, 2.75) is 24.9 Å². The molecule has 1 atom stereocenters. The van der Waals surface area contributed by atoms with Crippen molar-refractivity contribution in [3.63, 3.8) is 0 Å². The highest BCUT2D eigenvalue weighted by molar-refractivity contribution is 5.34. The van der Waals surface area contributed by atoms with Crippen LogP contribution >= 0.6 is 0 Å². The van der Waals surface area contributed by atoms with Crippen LogP contribution in [0, 0.1) is 0 Å². The van der Waals surface area contributed by atoms with E-state index in [1.54, 1.807) is 12.3 Å². The maximum absolute atomic E-state index is 12.6. The Kier molecular flexibility index (Phi) is 2.73. The Morgan fingerprint density at radius 1 is 1.32 bits per heavy atom. The highest BCUT2D eigenvalue weighted by atomic mass is 19.4. The minimum absolute atomic E-state index is 0.0409. The van der Waals surface area contributed by atoms with Crippen LogP contribution in [0.3, 0.4) is 0 Å². The van der Waals surface area contributed by atoms with E-state index in [4.69, 9.17) is 4.84 Å². The molecular formula is C13H11F3N2O. The molecule has 0 bridgehead atoms. The van der Waals surface area contributed by atoms with E-state index in [0.717, 1.165) is 17.4 Å². The average Bonchev–Trinajstić information content (AvgIpc) is 2.85. The molecule has 0 amide bonds. The Hall–Kier alpha value is -1.98. The monoisotopic (exact) mass is 268 g/mol. The molecule has 0 saturated carbocycles. The van der Waals surface area contributed by atoms with Crippen LogP contribution in [-0.4, -0.2) is 4.98 Å². The molecule has 1 aromatic rings. The zero-order chi connectivity index (χ0) is 13.5. The van der Waals surface area contributed by atoms with Crippen molar-refractivity contribution in [3.8, 4) is 0 Å². The molecule has 0 spiro atoms. The lowest BCUT2D eigenvalue weighted by Gasteiger charge is -2.20. The molecule has 1 N–H and O–H groups in total. The van der Waals surface area contributed by atoms with Gasteiger partial charge >= 0.3 is 6.18 Å². The quantitative estimate of drug-likeness (QED) is 0.848. The molecule has 1 unspecified atom stereocenters. The topological polar surface area (TPSA) is 34.1 Å². The summed E-state index contributed by atoms with van der Waals surface area (Å²) >= 11 is 0. The molecule has 6 heteroatoms. The fourth-order valence-electron chi connectivity index (χ4n) is 2.29. The van der Waals surface area contributed by atoms with Crippen molar-refractivity contribution < 1.29 is 18.0 Å². The van der Waals surface area contributed by atoms with Crippen LogP contribution in [0.25, 0.3) is 0 Å². The first-order valence-corrected chi connectivity index (χ1v) is 5.90. The zero-order valence-electron chi connectivity index (χ0n) is 9.87. The fraction of sp³-hybridized carbons (Fsp3) is 0.308. The van der Waals surface area contributed by atoms with E-state index in [-0.39, 0.29) is 5.92 Å². The standard InChI is InChI=1S/C13H11F3N2O/c14-13(15,16)12-3-1-2-10(18-12)8-4-5-11-9(6-8)7-17-19-11/h1-3,5,7-8,17H,4,6H2. The summed E-state index contributed by atoms with van der Waals surface area (Å²) < 4.78 is 37.9. The second-order valence-electron chi connectivity index (χ2n) is 4.54. The molecule has 0 aromatic carbocycles. The number of hydrogen-bond acceptors (Lipinski definition) is 3. The molecule has 1 aliphatic heterocycles. The Morgan fingerprint density at radius 3 is 2.95 bits per heavy atom. The highest BCUT2D eigenvalue weighted by Crippen LogP contribution is 2.37. The molecule has 1 aromatic heterocycles. The first-order chi connectivity index (χ1) is 9.04. The molecule has 3 rings (SSSR count). The van der Waals surface area contributed by atoms with Gasteiger partial charge in [0.15, 0.2) is 5.76 Å². The predicted octanol–water partition coefficient (Wildman–Crippen LogP) is 3.28. The van der Waals surface area contributed by atoms with E-state index in [1.165, 1.54) is 6.07 Å². The lowest BCUT2D eigenvalue weighted by molar-refractivity contribution is -0.141. The van der Waals surface area contributed by atoms with Crippen molar-refractivity contribution in [1.29, 1.82) is 0 Å². The normalized spacial score (nSPS) is 21.9. The maximum atomic E-state index is 12.6. The summed E-state index contributed by atoms with van der Waals surface area (Å²) in [5.41, 5.74) is 3.24. The molecule has 19 heavy (non-hydrogen) atoms. The van der Waals surface area contributed by atoms with Gasteiger partial charge in [0.2, 0.25) is 0 Å². The van der Waals surface area contributed by atoms with E-state index in [9.17, 15) is 13.2 Å². The van der Waals surface area contributed by atoms with Crippen LogP contribution in [0.2, 0.25) is 0 Å². The van der Waals surface area contributed by atoms with Crippen LogP contribution in [-0.2, 0) is 11.0 Å². The summed E-state index contributed by atoms with van der Waals surface area (Å²) in [5.74, 6) is 0.726. The first kappa shape index (κ1) is 12.1. The van der Waals surface area contributed by atoms with Crippen molar-refractivity contribution in [2.75, 3.05) is 0 Å². The van der Waals surface area contributed by atoms with Crippen molar-refractivity contribution in [1.82, 2.24) is 10.5 Å². The number of pyridine rings is 1. The molecule has 0 fully saturated rings. The second-order valence-corrected chi connectivity index (χ2v) is 4.54. The largest absolute Gasteiger partial charge is 0.433 e. The molecule has 1 aliphatic carbocycles. The van der Waals surface area contributed by atoms with Crippen LogP contribution < -0.4 is 5.48 Å². The van der Waals surface area contributed by atoms with Gasteiger partial charge in [0.1, 0.15) is 5.69 Å². The number of alkyl halides is 3. The highest BCUT2D eigenvalue weighted by Gasteiger charge is 2.33. The number of allylic oxidation sites excluding steroid dienone is 2. The number of aromatic nitrogens is 1. The summed E-state index contributed by atoms with van der Waals surface area (Å²) in [6.07, 6.45) is 0.465. The van der Waals surface area contributed by atoms with Gasteiger partial charge in [-0.15, -0.1) is 0 Å². The van der Waals surface area contributed by atoms with Crippen LogP contribution in [0.5, 0.6) is 0 Å². The summed E-state index contributed by atoms with van der Waals surface area (Å²) in [5, 5.41) is 0. The van der Waals surface area contributed by atoms with Gasteiger partial charge in [-0.25, -0.2) is 10.5 Å². The third-order valence-corrected chi connectivity index (χ3v) is 3.25. The van der Waals surface area contributed by atoms with E-state index < -0.39 is 11.9 Å². The van der Waals surface area contributed by atoms with E-state index in [1.807, 2.05) is 6.08 Å². The van der Waals surface area contributed by atoms with E-state index in [0.29, 0.717) is 18.5 Å². The van der Waals surface area contributed by atoms with Crippen LogP contribution in [0.1, 0.15) is 30.1 Å². The number of hydroxylamine groups is 1. The van der Waals surface area contributed by atoms with Gasteiger partial charge in [-0.3, -0.25) is 0 Å². The summed E-state index contributed by atoms with van der Waals surface area (Å²) in [6.45, 7) is 0. The number of hydrogen-bond donors (Lipinski definition) is 1. The molecule has 0 radical (unpaired) electrons. The lowest BCUT2D eigenvalue weighted by atomic mass is 9.87. The van der Waals surface area contributed by atoms with Gasteiger partial charge < -0.3 is 4.84 Å². The number of nitrogens with zero attached hydrogens (tertiary/aromatic N) is 1. The lowest BCUT2D eigenvalue weighted by Crippen LogP contribution is -2.13. The zero-order valence-corrected chi connectivity index (χ0v) is 9.87. The van der Waals surface area contributed by atoms with Crippen molar-refractivity contribution in [3.05, 3.63) is 53.2 Å². The molecule has 2 aliphatic rings. The summed E-state index contributed by atoms with van der Waals surface area (Å²) in [6, 6.07) is 4.04. The Bertz CT molecular complexity index is 563. The Balaban J connectivity index is 1.88. The fourth-order valence-corrected chi connectivity index (χ4v) is 2.29. The number of rotatable bonds is 1. The van der Waals surface area contributed by atoms with E-state index >= 15 is 0 Å². The van der Waals surface area contributed by atoms with Crippen LogP contribution in [0.15, 0.2) is 41.8 Å². The number of fused-ring (bicyclic) bond motifs is 1. The number of halogens is 3. The molecule has 0 saturated heterocycles. The molecule has 3 nitrogen and oxygen atoms in total. The minimum Gasteiger partial charge on any atom is -0.383 e. The van der Waals surface area contributed by atoms with Crippen molar-refractivity contribution >= 4 is 0 Å². The Labute approximate surface area is 107 Å². The van der Waals surface area contributed by atoms with Gasteiger partial charge in [0.25, 0.3) is 0 Å².